The zero-order valence-corrected chi connectivity index (χ0v) is 14.4. The molecule has 3 rings (SSSR count). The van der Waals surface area contributed by atoms with Crippen molar-refractivity contribution in [1.29, 1.82) is 0 Å². The van der Waals surface area contributed by atoms with Gasteiger partial charge in [-0.2, -0.15) is 13.2 Å². The van der Waals surface area contributed by atoms with Gasteiger partial charge in [-0.05, 0) is 49.7 Å². The fourth-order valence-corrected chi connectivity index (χ4v) is 3.04. The lowest BCUT2D eigenvalue weighted by Gasteiger charge is -2.16. The second kappa shape index (κ2) is 7.07. The molecule has 2 aromatic carbocycles. The summed E-state index contributed by atoms with van der Waals surface area (Å²) in [7, 11) is 0. The van der Waals surface area contributed by atoms with Crippen LogP contribution in [-0.4, -0.2) is 9.55 Å². The Morgan fingerprint density at radius 2 is 1.88 bits per heavy atom. The van der Waals surface area contributed by atoms with Crippen molar-refractivity contribution in [3.8, 4) is 0 Å². The van der Waals surface area contributed by atoms with Gasteiger partial charge >= 0.3 is 6.18 Å². The minimum Gasteiger partial charge on any atom is -0.327 e. The van der Waals surface area contributed by atoms with E-state index in [-0.39, 0.29) is 18.2 Å². The Bertz CT molecular complexity index is 915. The first-order valence-electron chi connectivity index (χ1n) is 8.34. The Morgan fingerprint density at radius 3 is 2.58 bits per heavy atom. The number of fused-ring (bicyclic) bond motifs is 1. The first-order valence-corrected chi connectivity index (χ1v) is 8.34. The van der Waals surface area contributed by atoms with E-state index in [0.29, 0.717) is 6.07 Å². The van der Waals surface area contributed by atoms with E-state index >= 15 is 0 Å². The van der Waals surface area contributed by atoms with Crippen LogP contribution in [0.3, 0.4) is 0 Å². The smallest absolute Gasteiger partial charge is 0.327 e. The number of hydrogen-bond donors (Lipinski definition) is 1. The van der Waals surface area contributed by atoms with Crippen LogP contribution in [0.4, 0.5) is 17.6 Å². The molecule has 0 radical (unpaired) electrons. The zero-order valence-electron chi connectivity index (χ0n) is 14.4. The molecule has 26 heavy (non-hydrogen) atoms. The Labute approximate surface area is 148 Å². The number of nitrogens with one attached hydrogen (secondary N) is 1. The van der Waals surface area contributed by atoms with Crippen molar-refractivity contribution in [2.24, 2.45) is 0 Å². The maximum absolute atomic E-state index is 13.5. The second-order valence-electron chi connectivity index (χ2n) is 6.15. The quantitative estimate of drug-likeness (QED) is 0.640. The van der Waals surface area contributed by atoms with E-state index in [0.717, 1.165) is 35.5 Å². The number of rotatable bonds is 5. The largest absolute Gasteiger partial charge is 0.416 e. The van der Waals surface area contributed by atoms with Gasteiger partial charge in [-0.3, -0.25) is 0 Å². The minimum atomic E-state index is -4.57. The van der Waals surface area contributed by atoms with Crippen LogP contribution in [0.2, 0.25) is 0 Å². The number of benzene rings is 2. The Morgan fingerprint density at radius 1 is 1.15 bits per heavy atom. The van der Waals surface area contributed by atoms with Crippen molar-refractivity contribution in [3.63, 3.8) is 0 Å². The lowest BCUT2D eigenvalue weighted by atomic mass is 10.1. The van der Waals surface area contributed by atoms with Gasteiger partial charge in [-0.25, -0.2) is 9.37 Å². The molecule has 0 aliphatic heterocycles. The van der Waals surface area contributed by atoms with Gasteiger partial charge in [-0.1, -0.05) is 12.1 Å². The second-order valence-corrected chi connectivity index (χ2v) is 6.15. The molecule has 0 aliphatic rings. The SMILES string of the molecule is CCn1c(C(C)NCc2cc(F)cc(C(F)(F)F)c2)nc2ccccc21. The summed E-state index contributed by atoms with van der Waals surface area (Å²) in [5, 5.41) is 3.14. The molecule has 1 N–H and O–H groups in total. The predicted molar refractivity (Wildman–Crippen MR) is 92.1 cm³/mol. The highest BCUT2D eigenvalue weighted by atomic mass is 19.4. The first-order chi connectivity index (χ1) is 12.3. The van der Waals surface area contributed by atoms with E-state index in [9.17, 15) is 17.6 Å². The van der Waals surface area contributed by atoms with Gasteiger partial charge in [0, 0.05) is 13.1 Å². The van der Waals surface area contributed by atoms with Gasteiger partial charge < -0.3 is 9.88 Å². The van der Waals surface area contributed by atoms with Crippen LogP contribution in [0, 0.1) is 5.82 Å². The monoisotopic (exact) mass is 365 g/mol. The summed E-state index contributed by atoms with van der Waals surface area (Å²) in [6.07, 6.45) is -4.57. The molecule has 3 nitrogen and oxygen atoms in total. The van der Waals surface area contributed by atoms with Gasteiger partial charge in [-0.15, -0.1) is 0 Å². The number of imidazole rings is 1. The highest BCUT2D eigenvalue weighted by molar-refractivity contribution is 5.76. The topological polar surface area (TPSA) is 29.9 Å². The molecule has 0 bridgehead atoms. The molecule has 1 unspecified atom stereocenters. The number of aromatic nitrogens is 2. The molecule has 0 amide bonds. The molecule has 0 saturated heterocycles. The third-order valence-corrected chi connectivity index (χ3v) is 4.28. The molecule has 0 saturated carbocycles. The normalized spacial score (nSPS) is 13.3. The summed E-state index contributed by atoms with van der Waals surface area (Å²) in [6, 6.07) is 10.1. The van der Waals surface area contributed by atoms with Gasteiger partial charge in [0.2, 0.25) is 0 Å². The summed E-state index contributed by atoms with van der Waals surface area (Å²) in [4.78, 5) is 4.62. The van der Waals surface area contributed by atoms with Crippen molar-refractivity contribution >= 4 is 11.0 Å². The van der Waals surface area contributed by atoms with Crippen LogP contribution in [0.25, 0.3) is 11.0 Å². The Hall–Kier alpha value is -2.41. The highest BCUT2D eigenvalue weighted by Gasteiger charge is 2.31. The third-order valence-electron chi connectivity index (χ3n) is 4.28. The fourth-order valence-electron chi connectivity index (χ4n) is 3.04. The summed E-state index contributed by atoms with van der Waals surface area (Å²) in [5.74, 6) is -0.105. The van der Waals surface area contributed by atoms with Gasteiger partial charge in [0.25, 0.3) is 0 Å². The van der Waals surface area contributed by atoms with E-state index in [1.54, 1.807) is 0 Å². The minimum absolute atomic E-state index is 0.106. The summed E-state index contributed by atoms with van der Waals surface area (Å²) >= 11 is 0. The van der Waals surface area contributed by atoms with Crippen LogP contribution >= 0.6 is 0 Å². The molecule has 0 aliphatic carbocycles. The average Bonchev–Trinajstić information content (AvgIpc) is 2.97. The fraction of sp³-hybridized carbons (Fsp3) is 0.316. The molecular weight excluding hydrogens is 346 g/mol. The van der Waals surface area contributed by atoms with Crippen molar-refractivity contribution in [2.45, 2.75) is 39.2 Å². The molecule has 0 spiro atoms. The van der Waals surface area contributed by atoms with Crippen LogP contribution in [0.15, 0.2) is 42.5 Å². The van der Waals surface area contributed by atoms with E-state index in [2.05, 4.69) is 14.9 Å². The number of alkyl halides is 3. The molecular formula is C19H19F4N3. The third kappa shape index (κ3) is 3.72. The van der Waals surface area contributed by atoms with Gasteiger partial charge in [0.15, 0.2) is 0 Å². The maximum Gasteiger partial charge on any atom is 0.416 e. The Balaban J connectivity index is 1.81. The lowest BCUT2D eigenvalue weighted by Crippen LogP contribution is -2.22. The van der Waals surface area contributed by atoms with Gasteiger partial charge in [0.1, 0.15) is 11.6 Å². The number of aryl methyl sites for hydroxylation is 1. The number of hydrogen-bond acceptors (Lipinski definition) is 2. The first kappa shape index (κ1) is 18.4. The highest BCUT2D eigenvalue weighted by Crippen LogP contribution is 2.30. The van der Waals surface area contributed by atoms with Crippen molar-refractivity contribution in [3.05, 3.63) is 65.2 Å². The lowest BCUT2D eigenvalue weighted by molar-refractivity contribution is -0.137. The van der Waals surface area contributed by atoms with Crippen molar-refractivity contribution in [1.82, 2.24) is 14.9 Å². The predicted octanol–water partition coefficient (Wildman–Crippen LogP) is 5.06. The molecule has 1 atom stereocenters. The number of nitrogens with zero attached hydrogens (tertiary/aromatic N) is 2. The molecule has 138 valence electrons. The van der Waals surface area contributed by atoms with Crippen LogP contribution in [0.5, 0.6) is 0 Å². The number of halogens is 4. The van der Waals surface area contributed by atoms with Gasteiger partial charge in [0.05, 0.1) is 22.6 Å². The summed E-state index contributed by atoms with van der Waals surface area (Å²) in [6.45, 7) is 4.72. The molecule has 1 aromatic heterocycles. The Kier molecular flexibility index (Phi) is 5.00. The van der Waals surface area contributed by atoms with E-state index in [1.807, 2.05) is 38.1 Å². The van der Waals surface area contributed by atoms with E-state index in [4.69, 9.17) is 0 Å². The van der Waals surface area contributed by atoms with Crippen molar-refractivity contribution in [2.75, 3.05) is 0 Å². The van der Waals surface area contributed by atoms with Crippen LogP contribution in [-0.2, 0) is 19.3 Å². The van der Waals surface area contributed by atoms with E-state index < -0.39 is 17.6 Å². The summed E-state index contributed by atoms with van der Waals surface area (Å²) < 4.78 is 54.1. The zero-order chi connectivity index (χ0) is 18.9. The molecule has 0 fully saturated rings. The number of para-hydroxylation sites is 2. The molecule has 1 heterocycles. The maximum atomic E-state index is 13.5. The summed E-state index contributed by atoms with van der Waals surface area (Å²) in [5.41, 5.74) is 1.12. The average molecular weight is 365 g/mol. The molecule has 3 aromatic rings. The molecule has 7 heteroatoms. The van der Waals surface area contributed by atoms with Crippen molar-refractivity contribution < 1.29 is 17.6 Å². The van der Waals surface area contributed by atoms with Crippen LogP contribution in [0.1, 0.15) is 36.8 Å². The van der Waals surface area contributed by atoms with E-state index in [1.165, 1.54) is 0 Å². The standard InChI is InChI=1S/C19H19F4N3/c1-3-26-17-7-5-4-6-16(17)25-18(26)12(2)24-11-13-8-14(19(21,22)23)10-15(20)9-13/h4-10,12,24H,3,11H2,1-2H3. The van der Waals surface area contributed by atoms with Crippen LogP contribution < -0.4 is 5.32 Å².